The summed E-state index contributed by atoms with van der Waals surface area (Å²) in [6, 6.07) is 8.84. The zero-order valence-corrected chi connectivity index (χ0v) is 14.3. The summed E-state index contributed by atoms with van der Waals surface area (Å²) < 4.78 is 22.3. The van der Waals surface area contributed by atoms with E-state index >= 15 is 0 Å². The monoisotopic (exact) mass is 368 g/mol. The van der Waals surface area contributed by atoms with Crippen LogP contribution in [0.4, 0.5) is 0 Å². The first-order valence-corrected chi connectivity index (χ1v) is 9.52. The van der Waals surface area contributed by atoms with E-state index in [9.17, 15) is 13.2 Å². The third kappa shape index (κ3) is 3.95. The molecule has 1 aromatic heterocycles. The minimum atomic E-state index is -3.53. The third-order valence-electron chi connectivity index (χ3n) is 3.99. The van der Waals surface area contributed by atoms with E-state index in [2.05, 4.69) is 10.2 Å². The fraction of sp³-hybridized carbons (Fsp3) is 0.333. The normalized spacial score (nSPS) is 18.1. The maximum atomic E-state index is 12.5. The Morgan fingerprint density at radius 2 is 2.08 bits per heavy atom. The van der Waals surface area contributed by atoms with Crippen molar-refractivity contribution in [2.24, 2.45) is 11.1 Å². The number of halogens is 1. The van der Waals surface area contributed by atoms with Crippen LogP contribution in [0.1, 0.15) is 16.9 Å². The molecule has 1 fully saturated rings. The molecule has 0 radical (unpaired) electrons. The molecular weight excluding hydrogens is 352 g/mol. The summed E-state index contributed by atoms with van der Waals surface area (Å²) >= 11 is 5.86. The van der Waals surface area contributed by atoms with Gasteiger partial charge in [-0.05, 0) is 30.5 Å². The summed E-state index contributed by atoms with van der Waals surface area (Å²) in [6.45, 7) is 0.888. The number of primary sulfonamides is 1. The first kappa shape index (κ1) is 16.9. The summed E-state index contributed by atoms with van der Waals surface area (Å²) in [6.07, 6.45) is 0.625. The highest BCUT2D eigenvalue weighted by atomic mass is 35.5. The SMILES string of the molecule is NS(=O)(=O)C[C@@H]1CCN(C(=O)c2cc(-c3ccc(Cl)cc3)n[nH]2)C1. The summed E-state index contributed by atoms with van der Waals surface area (Å²) in [5.41, 5.74) is 1.87. The van der Waals surface area contributed by atoms with Gasteiger partial charge < -0.3 is 4.90 Å². The molecular formula is C15H17ClN4O3S. The smallest absolute Gasteiger partial charge is 0.271 e. The lowest BCUT2D eigenvalue weighted by molar-refractivity contribution is 0.0782. The van der Waals surface area contributed by atoms with Crippen LogP contribution in [0.2, 0.25) is 5.02 Å². The minimum Gasteiger partial charge on any atom is -0.337 e. The molecule has 0 spiro atoms. The molecule has 3 rings (SSSR count). The predicted octanol–water partition coefficient (Wildman–Crippen LogP) is 1.48. The lowest BCUT2D eigenvalue weighted by Gasteiger charge is -2.14. The second kappa shape index (κ2) is 6.54. The number of hydrogen-bond acceptors (Lipinski definition) is 4. The molecule has 1 aliphatic heterocycles. The van der Waals surface area contributed by atoms with Crippen molar-refractivity contribution in [3.05, 3.63) is 41.0 Å². The molecule has 0 saturated carbocycles. The van der Waals surface area contributed by atoms with Gasteiger partial charge in [-0.2, -0.15) is 5.10 Å². The van der Waals surface area contributed by atoms with E-state index in [0.717, 1.165) is 5.56 Å². The Labute approximate surface area is 144 Å². The van der Waals surface area contributed by atoms with Gasteiger partial charge in [-0.3, -0.25) is 9.89 Å². The molecule has 9 heteroatoms. The van der Waals surface area contributed by atoms with Crippen molar-refractivity contribution in [2.45, 2.75) is 6.42 Å². The quantitative estimate of drug-likeness (QED) is 0.851. The van der Waals surface area contributed by atoms with Crippen LogP contribution < -0.4 is 5.14 Å². The summed E-state index contributed by atoms with van der Waals surface area (Å²) in [4.78, 5) is 14.1. The lowest BCUT2D eigenvalue weighted by atomic mass is 10.1. The number of nitrogens with two attached hydrogens (primary N) is 1. The van der Waals surface area contributed by atoms with Crippen molar-refractivity contribution in [1.29, 1.82) is 0 Å². The lowest BCUT2D eigenvalue weighted by Crippen LogP contribution is -2.31. The van der Waals surface area contributed by atoms with Crippen LogP contribution in [0.15, 0.2) is 30.3 Å². The van der Waals surface area contributed by atoms with Crippen molar-refractivity contribution >= 4 is 27.5 Å². The number of aromatic amines is 1. The van der Waals surface area contributed by atoms with Gasteiger partial charge in [0, 0.05) is 23.7 Å². The number of nitrogens with zero attached hydrogens (tertiary/aromatic N) is 2. The van der Waals surface area contributed by atoms with Gasteiger partial charge in [-0.25, -0.2) is 13.6 Å². The van der Waals surface area contributed by atoms with Crippen LogP contribution in [-0.2, 0) is 10.0 Å². The van der Waals surface area contributed by atoms with Gasteiger partial charge in [0.2, 0.25) is 10.0 Å². The first-order chi connectivity index (χ1) is 11.3. The average molecular weight is 369 g/mol. The van der Waals surface area contributed by atoms with Crippen LogP contribution in [0, 0.1) is 5.92 Å². The van der Waals surface area contributed by atoms with Crippen LogP contribution in [-0.4, -0.2) is 48.3 Å². The number of rotatable bonds is 4. The molecule has 2 heterocycles. The maximum Gasteiger partial charge on any atom is 0.271 e. The van der Waals surface area contributed by atoms with E-state index in [1.54, 1.807) is 23.1 Å². The summed E-state index contributed by atoms with van der Waals surface area (Å²) in [7, 11) is -3.53. The number of benzene rings is 1. The topological polar surface area (TPSA) is 109 Å². The number of amides is 1. The highest BCUT2D eigenvalue weighted by molar-refractivity contribution is 7.89. The predicted molar refractivity (Wildman–Crippen MR) is 91.0 cm³/mol. The van der Waals surface area contributed by atoms with E-state index < -0.39 is 10.0 Å². The van der Waals surface area contributed by atoms with Crippen LogP contribution in [0.5, 0.6) is 0 Å². The van der Waals surface area contributed by atoms with Crippen LogP contribution in [0.3, 0.4) is 0 Å². The second-order valence-electron chi connectivity index (χ2n) is 5.91. The molecule has 0 bridgehead atoms. The van der Waals surface area contributed by atoms with Gasteiger partial charge in [0.25, 0.3) is 5.91 Å². The van der Waals surface area contributed by atoms with Crippen molar-refractivity contribution in [1.82, 2.24) is 15.1 Å². The minimum absolute atomic E-state index is 0.101. The van der Waals surface area contributed by atoms with Gasteiger partial charge in [0.1, 0.15) is 5.69 Å². The molecule has 3 N–H and O–H groups in total. The third-order valence-corrected chi connectivity index (χ3v) is 5.18. The van der Waals surface area contributed by atoms with Crippen molar-refractivity contribution in [2.75, 3.05) is 18.8 Å². The first-order valence-electron chi connectivity index (χ1n) is 7.43. The Kier molecular flexibility index (Phi) is 4.62. The Hall–Kier alpha value is -1.90. The molecule has 1 amide bonds. The van der Waals surface area contributed by atoms with Gasteiger partial charge >= 0.3 is 0 Å². The van der Waals surface area contributed by atoms with Gasteiger partial charge in [-0.15, -0.1) is 0 Å². The Bertz CT molecular complexity index is 848. The fourth-order valence-electron chi connectivity index (χ4n) is 2.85. The van der Waals surface area contributed by atoms with Gasteiger partial charge in [0.05, 0.1) is 11.4 Å². The number of carbonyl (C=O) groups is 1. The van der Waals surface area contributed by atoms with E-state index in [0.29, 0.717) is 35.9 Å². The second-order valence-corrected chi connectivity index (χ2v) is 8.00. The van der Waals surface area contributed by atoms with Crippen molar-refractivity contribution < 1.29 is 13.2 Å². The molecule has 1 atom stereocenters. The zero-order chi connectivity index (χ0) is 17.3. The standard InChI is InChI=1S/C15H17ClN4O3S/c16-12-3-1-11(2-4-12)13-7-14(19-18-13)15(21)20-6-5-10(8-20)9-24(17,22)23/h1-4,7,10H,5-6,8-9H2,(H,18,19)(H2,17,22,23)/t10-/m1/s1. The number of carbonyl (C=O) groups excluding carboxylic acids is 1. The van der Waals surface area contributed by atoms with E-state index in [-0.39, 0.29) is 17.6 Å². The fourth-order valence-corrected chi connectivity index (χ4v) is 3.91. The Balaban J connectivity index is 1.69. The number of nitrogens with one attached hydrogen (secondary N) is 1. The number of hydrogen-bond donors (Lipinski definition) is 2. The van der Waals surface area contributed by atoms with E-state index in [1.807, 2.05) is 12.1 Å². The highest BCUT2D eigenvalue weighted by Gasteiger charge is 2.30. The number of likely N-dealkylation sites (tertiary alicyclic amines) is 1. The average Bonchev–Trinajstić information content (AvgIpc) is 3.15. The molecule has 0 aliphatic carbocycles. The van der Waals surface area contributed by atoms with Crippen molar-refractivity contribution in [3.8, 4) is 11.3 Å². The molecule has 24 heavy (non-hydrogen) atoms. The maximum absolute atomic E-state index is 12.5. The Morgan fingerprint density at radius 3 is 2.75 bits per heavy atom. The van der Waals surface area contributed by atoms with Gasteiger partial charge in [-0.1, -0.05) is 23.7 Å². The molecule has 0 unspecified atom stereocenters. The molecule has 1 saturated heterocycles. The van der Waals surface area contributed by atoms with Gasteiger partial charge in [0.15, 0.2) is 0 Å². The number of aromatic nitrogens is 2. The molecule has 7 nitrogen and oxygen atoms in total. The molecule has 2 aromatic rings. The van der Waals surface area contributed by atoms with Crippen molar-refractivity contribution in [3.63, 3.8) is 0 Å². The number of sulfonamides is 1. The molecule has 128 valence electrons. The summed E-state index contributed by atoms with van der Waals surface area (Å²) in [5, 5.41) is 12.6. The molecule has 1 aromatic carbocycles. The number of H-pyrrole nitrogens is 1. The Morgan fingerprint density at radius 1 is 1.38 bits per heavy atom. The highest BCUT2D eigenvalue weighted by Crippen LogP contribution is 2.23. The van der Waals surface area contributed by atoms with E-state index in [1.165, 1.54) is 0 Å². The largest absolute Gasteiger partial charge is 0.337 e. The summed E-state index contributed by atoms with van der Waals surface area (Å²) in [5.74, 6) is -0.419. The zero-order valence-electron chi connectivity index (χ0n) is 12.8. The van der Waals surface area contributed by atoms with Crippen LogP contribution in [0.25, 0.3) is 11.3 Å². The molecule has 1 aliphatic rings. The van der Waals surface area contributed by atoms with Crippen LogP contribution >= 0.6 is 11.6 Å². The van der Waals surface area contributed by atoms with E-state index in [4.69, 9.17) is 16.7 Å².